The van der Waals surface area contributed by atoms with Gasteiger partial charge in [-0.25, -0.2) is 4.79 Å². The summed E-state index contributed by atoms with van der Waals surface area (Å²) in [6.07, 6.45) is 0.370. The first-order chi connectivity index (χ1) is 9.13. The Labute approximate surface area is 110 Å². The molecule has 0 atom stereocenters. The molecular weight excluding hydrogens is 246 g/mol. The highest BCUT2D eigenvalue weighted by molar-refractivity contribution is 5.90. The van der Waals surface area contributed by atoms with Crippen molar-refractivity contribution in [3.05, 3.63) is 46.8 Å². The first kappa shape index (κ1) is 13.1. The van der Waals surface area contributed by atoms with Gasteiger partial charge in [-0.15, -0.1) is 0 Å². The van der Waals surface area contributed by atoms with E-state index in [1.807, 2.05) is 31.2 Å². The van der Waals surface area contributed by atoms with Crippen LogP contribution in [0, 0.1) is 6.92 Å². The van der Waals surface area contributed by atoms with Gasteiger partial charge in [0.05, 0.1) is 6.61 Å². The Kier molecular flexibility index (Phi) is 3.85. The Morgan fingerprint density at radius 3 is 2.84 bits per heavy atom. The zero-order valence-electron chi connectivity index (χ0n) is 10.8. The lowest BCUT2D eigenvalue weighted by atomic mass is 10.0. The van der Waals surface area contributed by atoms with Gasteiger partial charge in [0.2, 0.25) is 0 Å². The SMILES string of the molecule is CCOc1ccccc1Cc1noc(C)c1C(=O)O. The Morgan fingerprint density at radius 1 is 1.42 bits per heavy atom. The van der Waals surface area contributed by atoms with Gasteiger partial charge < -0.3 is 14.4 Å². The molecule has 0 radical (unpaired) electrons. The minimum Gasteiger partial charge on any atom is -0.494 e. The summed E-state index contributed by atoms with van der Waals surface area (Å²) in [4.78, 5) is 11.2. The lowest BCUT2D eigenvalue weighted by Gasteiger charge is -2.08. The van der Waals surface area contributed by atoms with Gasteiger partial charge in [-0.3, -0.25) is 0 Å². The summed E-state index contributed by atoms with van der Waals surface area (Å²) in [5.74, 6) is 0.0287. The normalized spacial score (nSPS) is 10.4. The van der Waals surface area contributed by atoms with Crippen LogP contribution >= 0.6 is 0 Å². The molecule has 5 heteroatoms. The third kappa shape index (κ3) is 2.76. The van der Waals surface area contributed by atoms with Gasteiger partial charge in [0.1, 0.15) is 22.8 Å². The Bertz CT molecular complexity index is 589. The van der Waals surface area contributed by atoms with Crippen molar-refractivity contribution >= 4 is 5.97 Å². The number of aryl methyl sites for hydroxylation is 1. The first-order valence-corrected chi connectivity index (χ1v) is 6.02. The van der Waals surface area contributed by atoms with Crippen LogP contribution in [0.25, 0.3) is 0 Å². The Morgan fingerprint density at radius 2 is 2.16 bits per heavy atom. The van der Waals surface area contributed by atoms with Crippen molar-refractivity contribution in [3.8, 4) is 5.75 Å². The van der Waals surface area contributed by atoms with Crippen LogP contribution < -0.4 is 4.74 Å². The summed E-state index contributed by atoms with van der Waals surface area (Å²) in [6, 6.07) is 7.50. The van der Waals surface area contributed by atoms with E-state index in [1.54, 1.807) is 6.92 Å². The second-order valence-electron chi connectivity index (χ2n) is 4.08. The van der Waals surface area contributed by atoms with Crippen LogP contribution in [0.15, 0.2) is 28.8 Å². The highest BCUT2D eigenvalue weighted by atomic mass is 16.5. The predicted octanol–water partition coefficient (Wildman–Crippen LogP) is 2.67. The van der Waals surface area contributed by atoms with Gasteiger partial charge in [0.15, 0.2) is 0 Å². The van der Waals surface area contributed by atoms with Gasteiger partial charge >= 0.3 is 5.97 Å². The molecule has 2 aromatic rings. The van der Waals surface area contributed by atoms with Gasteiger partial charge in [-0.05, 0) is 19.9 Å². The Balaban J connectivity index is 2.34. The molecule has 0 bridgehead atoms. The fourth-order valence-electron chi connectivity index (χ4n) is 1.94. The average molecular weight is 261 g/mol. The third-order valence-electron chi connectivity index (χ3n) is 2.78. The maximum absolute atomic E-state index is 11.2. The van der Waals surface area contributed by atoms with E-state index < -0.39 is 5.97 Å². The van der Waals surface area contributed by atoms with E-state index in [4.69, 9.17) is 14.4 Å². The summed E-state index contributed by atoms with van der Waals surface area (Å²) < 4.78 is 10.5. The molecule has 0 aliphatic heterocycles. The van der Waals surface area contributed by atoms with E-state index >= 15 is 0 Å². The van der Waals surface area contributed by atoms with E-state index in [9.17, 15) is 4.79 Å². The van der Waals surface area contributed by atoms with Crippen LogP contribution in [0.3, 0.4) is 0 Å². The summed E-state index contributed by atoms with van der Waals surface area (Å²) in [6.45, 7) is 4.05. The van der Waals surface area contributed by atoms with Crippen LogP contribution in [0.1, 0.15) is 34.3 Å². The van der Waals surface area contributed by atoms with Gasteiger partial charge in [-0.2, -0.15) is 0 Å². The summed E-state index contributed by atoms with van der Waals surface area (Å²) in [7, 11) is 0. The summed E-state index contributed by atoms with van der Waals surface area (Å²) in [5, 5.41) is 13.0. The molecule has 1 aromatic carbocycles. The number of ether oxygens (including phenoxy) is 1. The zero-order chi connectivity index (χ0) is 13.8. The summed E-state index contributed by atoms with van der Waals surface area (Å²) in [5.41, 5.74) is 1.43. The molecule has 0 aliphatic carbocycles. The number of hydrogen-bond acceptors (Lipinski definition) is 4. The molecule has 0 saturated heterocycles. The first-order valence-electron chi connectivity index (χ1n) is 6.02. The molecule has 2 rings (SSSR count). The fraction of sp³-hybridized carbons (Fsp3) is 0.286. The highest BCUT2D eigenvalue weighted by Crippen LogP contribution is 2.23. The van der Waals surface area contributed by atoms with Crippen molar-refractivity contribution in [1.29, 1.82) is 0 Å². The second kappa shape index (κ2) is 5.56. The lowest BCUT2D eigenvalue weighted by Crippen LogP contribution is -2.04. The highest BCUT2D eigenvalue weighted by Gasteiger charge is 2.20. The molecule has 0 spiro atoms. The molecule has 0 amide bonds. The molecule has 0 aliphatic rings. The predicted molar refractivity (Wildman–Crippen MR) is 68.6 cm³/mol. The van der Waals surface area contributed by atoms with Crippen molar-refractivity contribution < 1.29 is 19.2 Å². The number of carboxylic acids is 1. The van der Waals surface area contributed by atoms with Crippen LogP contribution in [-0.2, 0) is 6.42 Å². The maximum atomic E-state index is 11.2. The van der Waals surface area contributed by atoms with E-state index in [1.165, 1.54) is 0 Å². The van der Waals surface area contributed by atoms with Gasteiger partial charge in [-0.1, -0.05) is 23.4 Å². The number of benzene rings is 1. The van der Waals surface area contributed by atoms with Crippen LogP contribution in [0.5, 0.6) is 5.75 Å². The molecule has 1 aromatic heterocycles. The Hall–Kier alpha value is -2.30. The summed E-state index contributed by atoms with van der Waals surface area (Å²) >= 11 is 0. The van der Waals surface area contributed by atoms with Crippen molar-refractivity contribution in [2.24, 2.45) is 0 Å². The molecule has 19 heavy (non-hydrogen) atoms. The van der Waals surface area contributed by atoms with Crippen molar-refractivity contribution in [2.45, 2.75) is 20.3 Å². The van der Waals surface area contributed by atoms with Crippen LogP contribution in [0.2, 0.25) is 0 Å². The monoisotopic (exact) mass is 261 g/mol. The van der Waals surface area contributed by atoms with Crippen molar-refractivity contribution in [3.63, 3.8) is 0 Å². The number of carboxylic acid groups (broad SMARTS) is 1. The van der Waals surface area contributed by atoms with Crippen LogP contribution in [-0.4, -0.2) is 22.8 Å². The minimum absolute atomic E-state index is 0.131. The average Bonchev–Trinajstić information content (AvgIpc) is 2.73. The molecule has 0 saturated carbocycles. The molecule has 5 nitrogen and oxygen atoms in total. The van der Waals surface area contributed by atoms with E-state index in [2.05, 4.69) is 5.16 Å². The lowest BCUT2D eigenvalue weighted by molar-refractivity contribution is 0.0694. The van der Waals surface area contributed by atoms with E-state index in [0.29, 0.717) is 24.5 Å². The van der Waals surface area contributed by atoms with Crippen molar-refractivity contribution in [2.75, 3.05) is 6.61 Å². The standard InChI is InChI=1S/C14H15NO4/c1-3-18-12-7-5-4-6-10(12)8-11-13(14(16)17)9(2)19-15-11/h4-7H,3,8H2,1-2H3,(H,16,17). The molecular formula is C14H15NO4. The molecule has 100 valence electrons. The van der Waals surface area contributed by atoms with Crippen LogP contribution in [0.4, 0.5) is 0 Å². The molecule has 1 N–H and O–H groups in total. The number of nitrogens with zero attached hydrogens (tertiary/aromatic N) is 1. The number of para-hydroxylation sites is 1. The quantitative estimate of drug-likeness (QED) is 0.895. The largest absolute Gasteiger partial charge is 0.494 e. The smallest absolute Gasteiger partial charge is 0.341 e. The van der Waals surface area contributed by atoms with E-state index in [-0.39, 0.29) is 5.56 Å². The topological polar surface area (TPSA) is 72.6 Å². The molecule has 1 heterocycles. The van der Waals surface area contributed by atoms with Crippen molar-refractivity contribution in [1.82, 2.24) is 5.16 Å². The number of aromatic carboxylic acids is 1. The fourth-order valence-corrected chi connectivity index (χ4v) is 1.94. The maximum Gasteiger partial charge on any atom is 0.341 e. The van der Waals surface area contributed by atoms with E-state index in [0.717, 1.165) is 11.3 Å². The zero-order valence-corrected chi connectivity index (χ0v) is 10.8. The number of rotatable bonds is 5. The number of carbonyl (C=O) groups is 1. The van der Waals surface area contributed by atoms with Gasteiger partial charge in [0, 0.05) is 12.0 Å². The minimum atomic E-state index is -1.03. The third-order valence-corrected chi connectivity index (χ3v) is 2.78. The molecule has 0 unspecified atom stereocenters. The molecule has 0 fully saturated rings. The number of hydrogen-bond donors (Lipinski definition) is 1. The van der Waals surface area contributed by atoms with Gasteiger partial charge in [0.25, 0.3) is 0 Å². The second-order valence-corrected chi connectivity index (χ2v) is 4.08. The number of aromatic nitrogens is 1.